The number of ether oxygens (including phenoxy) is 1. The van der Waals surface area contributed by atoms with Gasteiger partial charge in [-0.1, -0.05) is 0 Å². The zero-order valence-electron chi connectivity index (χ0n) is 12.5. The Morgan fingerprint density at radius 1 is 1.43 bits per heavy atom. The normalized spacial score (nSPS) is 12.5. The van der Waals surface area contributed by atoms with Crippen molar-refractivity contribution in [3.63, 3.8) is 0 Å². The fourth-order valence-electron chi connectivity index (χ4n) is 1.62. The van der Waals surface area contributed by atoms with Gasteiger partial charge in [-0.05, 0) is 32.0 Å². The number of primary amides is 1. The maximum Gasteiger partial charge on any atom is 0.252 e. The van der Waals surface area contributed by atoms with Gasteiger partial charge in [0.05, 0.1) is 29.7 Å². The van der Waals surface area contributed by atoms with E-state index in [0.717, 1.165) is 4.31 Å². The summed E-state index contributed by atoms with van der Waals surface area (Å²) < 4.78 is 31.1. The first-order valence-corrected chi connectivity index (χ1v) is 7.59. The molecule has 0 atom stereocenters. The minimum atomic E-state index is -3.88. The van der Waals surface area contributed by atoms with Crippen molar-refractivity contribution in [3.05, 3.63) is 23.8 Å². The van der Waals surface area contributed by atoms with Crippen LogP contribution in [0.15, 0.2) is 23.1 Å². The van der Waals surface area contributed by atoms with Crippen molar-refractivity contribution in [2.24, 2.45) is 5.73 Å². The highest BCUT2D eigenvalue weighted by molar-refractivity contribution is 7.89. The molecule has 0 aliphatic heterocycles. The molecule has 0 aliphatic rings. The zero-order chi connectivity index (χ0) is 16.4. The maximum atomic E-state index is 12.5. The topological polar surface area (TPSA) is 110 Å². The molecule has 1 aromatic rings. The lowest BCUT2D eigenvalue weighted by Crippen LogP contribution is -2.47. The van der Waals surface area contributed by atoms with Crippen molar-refractivity contribution >= 4 is 15.9 Å². The van der Waals surface area contributed by atoms with Crippen LogP contribution in [0.1, 0.15) is 24.2 Å². The van der Waals surface area contributed by atoms with Gasteiger partial charge in [-0.2, -0.15) is 4.31 Å². The molecule has 0 bridgehead atoms. The zero-order valence-corrected chi connectivity index (χ0v) is 13.3. The van der Waals surface area contributed by atoms with Crippen LogP contribution < -0.4 is 10.5 Å². The van der Waals surface area contributed by atoms with Crippen LogP contribution in [0.25, 0.3) is 0 Å². The van der Waals surface area contributed by atoms with Gasteiger partial charge in [-0.25, -0.2) is 8.42 Å². The molecule has 0 aromatic heterocycles. The SMILES string of the molecule is COc1ccc(S(=O)(=O)N(C)C(C)(C)CO)cc1C(N)=O. The smallest absolute Gasteiger partial charge is 0.252 e. The van der Waals surface area contributed by atoms with Gasteiger partial charge in [-0.15, -0.1) is 0 Å². The quantitative estimate of drug-likeness (QED) is 0.778. The number of carbonyl (C=O) groups is 1. The van der Waals surface area contributed by atoms with E-state index in [-0.39, 0.29) is 22.8 Å². The molecule has 0 fully saturated rings. The molecule has 0 aliphatic carbocycles. The number of benzene rings is 1. The van der Waals surface area contributed by atoms with Crippen LogP contribution in [-0.2, 0) is 10.0 Å². The summed E-state index contributed by atoms with van der Waals surface area (Å²) in [5, 5.41) is 9.30. The Balaban J connectivity index is 3.40. The lowest BCUT2D eigenvalue weighted by molar-refractivity contribution is 0.0997. The number of amides is 1. The van der Waals surface area contributed by atoms with Crippen molar-refractivity contribution in [2.75, 3.05) is 20.8 Å². The van der Waals surface area contributed by atoms with Crippen molar-refractivity contribution in [2.45, 2.75) is 24.3 Å². The van der Waals surface area contributed by atoms with Crippen molar-refractivity contribution in [1.29, 1.82) is 0 Å². The fraction of sp³-hybridized carbons (Fsp3) is 0.462. The molecule has 1 rings (SSSR count). The van der Waals surface area contributed by atoms with Gasteiger partial charge in [0.1, 0.15) is 5.75 Å². The van der Waals surface area contributed by atoms with Gasteiger partial charge in [0, 0.05) is 7.05 Å². The van der Waals surface area contributed by atoms with Crippen LogP contribution in [-0.4, -0.2) is 50.0 Å². The number of carbonyl (C=O) groups excluding carboxylic acids is 1. The summed E-state index contributed by atoms with van der Waals surface area (Å²) in [6, 6.07) is 3.86. The third-order valence-electron chi connectivity index (χ3n) is 3.33. The molecule has 1 amide bonds. The molecule has 0 saturated carbocycles. The van der Waals surface area contributed by atoms with Crippen molar-refractivity contribution in [1.82, 2.24) is 4.31 Å². The van der Waals surface area contributed by atoms with Crippen LogP contribution in [0.3, 0.4) is 0 Å². The molecule has 0 radical (unpaired) electrons. The minimum Gasteiger partial charge on any atom is -0.496 e. The van der Waals surface area contributed by atoms with Gasteiger partial charge >= 0.3 is 0 Å². The van der Waals surface area contributed by atoms with Crippen LogP contribution in [0.5, 0.6) is 5.75 Å². The summed E-state index contributed by atoms with van der Waals surface area (Å²) >= 11 is 0. The molecule has 0 spiro atoms. The lowest BCUT2D eigenvalue weighted by atomic mass is 10.1. The second-order valence-corrected chi connectivity index (χ2v) is 7.14. The summed E-state index contributed by atoms with van der Waals surface area (Å²) in [6.45, 7) is 2.83. The molecule has 21 heavy (non-hydrogen) atoms. The largest absolute Gasteiger partial charge is 0.496 e. The Morgan fingerprint density at radius 2 is 2.00 bits per heavy atom. The fourth-order valence-corrected chi connectivity index (χ4v) is 3.15. The molecule has 1 aromatic carbocycles. The third kappa shape index (κ3) is 3.34. The van der Waals surface area contributed by atoms with Crippen LogP contribution >= 0.6 is 0 Å². The molecule has 7 nitrogen and oxygen atoms in total. The number of aliphatic hydroxyl groups is 1. The maximum absolute atomic E-state index is 12.5. The van der Waals surface area contributed by atoms with Gasteiger partial charge < -0.3 is 15.6 Å². The summed E-state index contributed by atoms with van der Waals surface area (Å²) in [5.41, 5.74) is 4.22. The summed E-state index contributed by atoms with van der Waals surface area (Å²) in [5.74, 6) is -0.585. The van der Waals surface area contributed by atoms with E-state index in [4.69, 9.17) is 10.5 Å². The Bertz CT molecular complexity index is 640. The first-order valence-electron chi connectivity index (χ1n) is 6.15. The number of likely N-dealkylation sites (N-methyl/N-ethyl adjacent to an activating group) is 1. The van der Waals surface area contributed by atoms with E-state index < -0.39 is 21.5 Å². The van der Waals surface area contributed by atoms with Gasteiger partial charge in [-0.3, -0.25) is 4.79 Å². The number of aliphatic hydroxyl groups excluding tert-OH is 1. The molecule has 8 heteroatoms. The summed E-state index contributed by atoms with van der Waals surface area (Å²) in [7, 11) is -1.16. The van der Waals surface area contributed by atoms with E-state index in [0.29, 0.717) is 0 Å². The molecule has 0 unspecified atom stereocenters. The van der Waals surface area contributed by atoms with Crippen LogP contribution in [0.2, 0.25) is 0 Å². The number of methoxy groups -OCH3 is 1. The third-order valence-corrected chi connectivity index (χ3v) is 5.40. The average Bonchev–Trinajstić information content (AvgIpc) is 2.45. The Morgan fingerprint density at radius 3 is 2.43 bits per heavy atom. The van der Waals surface area contributed by atoms with Crippen LogP contribution in [0.4, 0.5) is 0 Å². The Labute approximate surface area is 124 Å². The molecule has 118 valence electrons. The molecule has 0 heterocycles. The highest BCUT2D eigenvalue weighted by atomic mass is 32.2. The first-order chi connectivity index (χ1) is 9.57. The number of hydrogen-bond acceptors (Lipinski definition) is 5. The number of hydrogen-bond donors (Lipinski definition) is 2. The highest BCUT2D eigenvalue weighted by Gasteiger charge is 2.34. The first kappa shape index (κ1) is 17.4. The monoisotopic (exact) mass is 316 g/mol. The van der Waals surface area contributed by atoms with Crippen LogP contribution in [0, 0.1) is 0 Å². The van der Waals surface area contributed by atoms with E-state index in [1.807, 2.05) is 0 Å². The molecular weight excluding hydrogens is 296 g/mol. The Kier molecular flexibility index (Phi) is 4.98. The van der Waals surface area contributed by atoms with Gasteiger partial charge in [0.2, 0.25) is 10.0 Å². The predicted octanol–water partition coefficient (Wildman–Crippen LogP) is 0.185. The van der Waals surface area contributed by atoms with Gasteiger partial charge in [0.15, 0.2) is 0 Å². The molecule has 3 N–H and O–H groups in total. The number of nitrogens with two attached hydrogens (primary N) is 1. The van der Waals surface area contributed by atoms with E-state index in [2.05, 4.69) is 0 Å². The highest BCUT2D eigenvalue weighted by Crippen LogP contribution is 2.27. The number of sulfonamides is 1. The molecule has 0 saturated heterocycles. The van der Waals surface area contributed by atoms with E-state index in [9.17, 15) is 18.3 Å². The second kappa shape index (κ2) is 6.00. The molecular formula is C13H20N2O5S. The number of nitrogens with zero attached hydrogens (tertiary/aromatic N) is 1. The summed E-state index contributed by atoms with van der Waals surface area (Å²) in [6.07, 6.45) is 0. The van der Waals surface area contributed by atoms with Crippen molar-refractivity contribution < 1.29 is 23.1 Å². The van der Waals surface area contributed by atoms with Crippen molar-refractivity contribution in [3.8, 4) is 5.75 Å². The predicted molar refractivity (Wildman–Crippen MR) is 77.6 cm³/mol. The van der Waals surface area contributed by atoms with E-state index >= 15 is 0 Å². The average molecular weight is 316 g/mol. The van der Waals surface area contributed by atoms with E-state index in [1.54, 1.807) is 13.8 Å². The lowest BCUT2D eigenvalue weighted by Gasteiger charge is -2.32. The minimum absolute atomic E-state index is 0.0196. The standard InChI is InChI=1S/C13H20N2O5S/c1-13(2,8-16)15(3)21(18,19)9-5-6-11(20-4)10(7-9)12(14)17/h5-7,16H,8H2,1-4H3,(H2,14,17). The number of rotatable bonds is 6. The van der Waals surface area contributed by atoms with Gasteiger partial charge in [0.25, 0.3) is 5.91 Å². The second-order valence-electron chi connectivity index (χ2n) is 5.17. The summed E-state index contributed by atoms with van der Waals surface area (Å²) in [4.78, 5) is 11.3. The Hall–Kier alpha value is -1.64. The van der Waals surface area contributed by atoms with E-state index in [1.165, 1.54) is 32.4 Å².